The summed E-state index contributed by atoms with van der Waals surface area (Å²) in [4.78, 5) is 2.21. The number of rotatable bonds is 7. The first-order valence-electron chi connectivity index (χ1n) is 6.33. The number of hydrogen-bond acceptors (Lipinski definition) is 3. The Balaban J connectivity index is 2.78. The Morgan fingerprint density at radius 3 is 2.72 bits per heavy atom. The van der Waals surface area contributed by atoms with Gasteiger partial charge in [0.05, 0.1) is 10.7 Å². The van der Waals surface area contributed by atoms with Gasteiger partial charge < -0.3 is 10.2 Å². The molecule has 0 spiro atoms. The number of benzene rings is 1. The monoisotopic (exact) mass is 286 g/mol. The molecule has 1 aromatic rings. The molecule has 1 rings (SSSR count). The molecule has 1 N–H and O–H groups in total. The molecule has 2 nitrogen and oxygen atoms in total. The third kappa shape index (κ3) is 4.38. The fraction of sp³-hybridized carbons (Fsp3) is 0.571. The molecule has 0 bridgehead atoms. The van der Waals surface area contributed by atoms with Crippen molar-refractivity contribution >= 4 is 29.1 Å². The zero-order chi connectivity index (χ0) is 13.5. The lowest BCUT2D eigenvalue weighted by molar-refractivity contribution is 0.598. The highest BCUT2D eigenvalue weighted by atomic mass is 35.5. The summed E-state index contributed by atoms with van der Waals surface area (Å²) < 4.78 is 0. The molecule has 102 valence electrons. The second-order valence-corrected chi connectivity index (χ2v) is 5.80. The van der Waals surface area contributed by atoms with Crippen molar-refractivity contribution in [3.8, 4) is 0 Å². The number of nitrogens with one attached hydrogen (secondary N) is 1. The predicted octanol–water partition coefficient (Wildman–Crippen LogP) is 3.81. The van der Waals surface area contributed by atoms with Crippen LogP contribution in [0.2, 0.25) is 5.02 Å². The Hall–Kier alpha value is -0.380. The van der Waals surface area contributed by atoms with Crippen LogP contribution in [0.3, 0.4) is 0 Å². The Morgan fingerprint density at radius 1 is 1.44 bits per heavy atom. The largest absolute Gasteiger partial charge is 0.373 e. The smallest absolute Gasteiger partial charge is 0.0642 e. The van der Waals surface area contributed by atoms with Crippen LogP contribution in [-0.4, -0.2) is 32.1 Å². The van der Waals surface area contributed by atoms with E-state index in [1.54, 1.807) is 0 Å². The van der Waals surface area contributed by atoms with Gasteiger partial charge in [0.15, 0.2) is 0 Å². The van der Waals surface area contributed by atoms with Gasteiger partial charge in [0.25, 0.3) is 0 Å². The third-order valence-electron chi connectivity index (χ3n) is 3.02. The lowest BCUT2D eigenvalue weighted by Crippen LogP contribution is -2.21. The van der Waals surface area contributed by atoms with E-state index in [-0.39, 0.29) is 0 Å². The van der Waals surface area contributed by atoms with Gasteiger partial charge >= 0.3 is 0 Å². The summed E-state index contributed by atoms with van der Waals surface area (Å²) in [7, 11) is 2.09. The summed E-state index contributed by atoms with van der Waals surface area (Å²) in [6, 6.07) is 6.69. The van der Waals surface area contributed by atoms with Gasteiger partial charge in [-0.25, -0.2) is 0 Å². The molecule has 0 radical (unpaired) electrons. The first-order valence-corrected chi connectivity index (χ1v) is 8.10. The van der Waals surface area contributed by atoms with Gasteiger partial charge in [-0.2, -0.15) is 11.8 Å². The lowest BCUT2D eigenvalue weighted by Gasteiger charge is -2.21. The maximum absolute atomic E-state index is 6.37. The fourth-order valence-electron chi connectivity index (χ4n) is 1.87. The molecule has 0 fully saturated rings. The molecule has 1 unspecified atom stereocenters. The van der Waals surface area contributed by atoms with E-state index in [1.165, 1.54) is 5.56 Å². The van der Waals surface area contributed by atoms with Crippen molar-refractivity contribution in [2.45, 2.75) is 19.9 Å². The molecule has 4 heteroatoms. The van der Waals surface area contributed by atoms with E-state index in [9.17, 15) is 0 Å². The van der Waals surface area contributed by atoms with Gasteiger partial charge in [-0.05, 0) is 37.4 Å². The van der Waals surface area contributed by atoms with Crippen molar-refractivity contribution in [1.29, 1.82) is 0 Å². The minimum Gasteiger partial charge on any atom is -0.373 e. The van der Waals surface area contributed by atoms with Crippen LogP contribution < -0.4 is 10.2 Å². The minimum atomic E-state index is 0.345. The summed E-state index contributed by atoms with van der Waals surface area (Å²) in [5, 5.41) is 4.23. The Morgan fingerprint density at radius 2 is 2.17 bits per heavy atom. The standard InChI is InChI=1S/C14H23ClN2S/c1-5-16-11(2)12-6-7-14(13(15)10-12)17(3)8-9-18-4/h6-7,10-11,16H,5,8-9H2,1-4H3. The predicted molar refractivity (Wildman–Crippen MR) is 85.2 cm³/mol. The van der Waals surface area contributed by atoms with E-state index in [1.807, 2.05) is 11.8 Å². The second-order valence-electron chi connectivity index (χ2n) is 4.40. The first-order chi connectivity index (χ1) is 8.60. The van der Waals surface area contributed by atoms with E-state index in [2.05, 4.69) is 55.6 Å². The zero-order valence-corrected chi connectivity index (χ0v) is 13.2. The summed E-state index contributed by atoms with van der Waals surface area (Å²) in [5.41, 5.74) is 2.35. The number of anilines is 1. The molecule has 0 aromatic heterocycles. The molecule has 1 aromatic carbocycles. The van der Waals surface area contributed by atoms with Gasteiger partial charge in [-0.3, -0.25) is 0 Å². The zero-order valence-electron chi connectivity index (χ0n) is 11.7. The van der Waals surface area contributed by atoms with Crippen molar-refractivity contribution in [1.82, 2.24) is 5.32 Å². The molecule has 0 aliphatic heterocycles. The van der Waals surface area contributed by atoms with E-state index < -0.39 is 0 Å². The molecule has 0 saturated carbocycles. The van der Waals surface area contributed by atoms with Crippen molar-refractivity contribution in [3.63, 3.8) is 0 Å². The number of halogens is 1. The van der Waals surface area contributed by atoms with Crippen LogP contribution >= 0.6 is 23.4 Å². The Bertz CT molecular complexity index is 371. The molecule has 0 aliphatic carbocycles. The van der Waals surface area contributed by atoms with Crippen LogP contribution in [0.4, 0.5) is 5.69 Å². The number of nitrogens with zero attached hydrogens (tertiary/aromatic N) is 1. The van der Waals surface area contributed by atoms with E-state index in [4.69, 9.17) is 11.6 Å². The quantitative estimate of drug-likeness (QED) is 0.820. The summed E-state index contributed by atoms with van der Waals surface area (Å²) in [6.07, 6.45) is 2.12. The van der Waals surface area contributed by atoms with Gasteiger partial charge in [0.2, 0.25) is 0 Å². The molecular formula is C14H23ClN2S. The number of thioether (sulfide) groups is 1. The SMILES string of the molecule is CCNC(C)c1ccc(N(C)CCSC)c(Cl)c1. The Labute approximate surface area is 120 Å². The molecular weight excluding hydrogens is 264 g/mol. The third-order valence-corrected chi connectivity index (χ3v) is 3.92. The topological polar surface area (TPSA) is 15.3 Å². The molecule has 18 heavy (non-hydrogen) atoms. The molecule has 0 heterocycles. The van der Waals surface area contributed by atoms with E-state index in [0.29, 0.717) is 6.04 Å². The van der Waals surface area contributed by atoms with Crippen molar-refractivity contribution in [3.05, 3.63) is 28.8 Å². The van der Waals surface area contributed by atoms with Crippen LogP contribution in [0.1, 0.15) is 25.5 Å². The van der Waals surface area contributed by atoms with Crippen LogP contribution in [0.5, 0.6) is 0 Å². The van der Waals surface area contributed by atoms with Crippen molar-refractivity contribution < 1.29 is 0 Å². The number of hydrogen-bond donors (Lipinski definition) is 1. The molecule has 0 aliphatic rings. The van der Waals surface area contributed by atoms with Crippen molar-refractivity contribution in [2.75, 3.05) is 37.0 Å². The summed E-state index contributed by atoms with van der Waals surface area (Å²) in [5.74, 6) is 1.11. The average Bonchev–Trinajstić information content (AvgIpc) is 2.36. The van der Waals surface area contributed by atoms with Crippen LogP contribution in [0.25, 0.3) is 0 Å². The van der Waals surface area contributed by atoms with Crippen LogP contribution in [0, 0.1) is 0 Å². The van der Waals surface area contributed by atoms with E-state index >= 15 is 0 Å². The summed E-state index contributed by atoms with van der Waals surface area (Å²) >= 11 is 8.22. The molecule has 0 saturated heterocycles. The Kier molecular flexibility index (Phi) is 6.90. The minimum absolute atomic E-state index is 0.345. The molecule has 1 atom stereocenters. The maximum Gasteiger partial charge on any atom is 0.0642 e. The van der Waals surface area contributed by atoms with Crippen LogP contribution in [0.15, 0.2) is 18.2 Å². The van der Waals surface area contributed by atoms with Gasteiger partial charge in [-0.15, -0.1) is 0 Å². The lowest BCUT2D eigenvalue weighted by atomic mass is 10.1. The molecule has 0 amide bonds. The normalized spacial score (nSPS) is 12.5. The first kappa shape index (κ1) is 15.7. The second kappa shape index (κ2) is 7.93. The van der Waals surface area contributed by atoms with Gasteiger partial charge in [-0.1, -0.05) is 24.6 Å². The maximum atomic E-state index is 6.37. The van der Waals surface area contributed by atoms with Crippen molar-refractivity contribution in [2.24, 2.45) is 0 Å². The van der Waals surface area contributed by atoms with E-state index in [0.717, 1.165) is 29.6 Å². The summed E-state index contributed by atoms with van der Waals surface area (Å²) in [6.45, 7) is 6.26. The highest BCUT2D eigenvalue weighted by molar-refractivity contribution is 7.98. The van der Waals surface area contributed by atoms with Crippen LogP contribution in [-0.2, 0) is 0 Å². The average molecular weight is 287 g/mol. The highest BCUT2D eigenvalue weighted by Gasteiger charge is 2.09. The fourth-order valence-corrected chi connectivity index (χ4v) is 2.66. The van der Waals surface area contributed by atoms with Gasteiger partial charge in [0, 0.05) is 25.4 Å². The highest BCUT2D eigenvalue weighted by Crippen LogP contribution is 2.28. The van der Waals surface area contributed by atoms with Gasteiger partial charge in [0.1, 0.15) is 0 Å².